The number of aromatic hydroxyl groups is 1. The predicted octanol–water partition coefficient (Wildman–Crippen LogP) is 1.62. The first-order valence-electron chi connectivity index (χ1n) is 5.97. The molecule has 2 N–H and O–H groups in total. The third-order valence-electron chi connectivity index (χ3n) is 3.94. The van der Waals surface area contributed by atoms with Gasteiger partial charge in [-0.2, -0.15) is 0 Å². The van der Waals surface area contributed by atoms with E-state index < -0.39 is 5.97 Å². The van der Waals surface area contributed by atoms with E-state index in [0.717, 1.165) is 24.2 Å². The van der Waals surface area contributed by atoms with Gasteiger partial charge in [-0.1, -0.05) is 6.07 Å². The minimum absolute atomic E-state index is 0.229. The van der Waals surface area contributed by atoms with Crippen molar-refractivity contribution < 1.29 is 15.0 Å². The van der Waals surface area contributed by atoms with Gasteiger partial charge in [0.25, 0.3) is 0 Å². The van der Waals surface area contributed by atoms with Gasteiger partial charge in [-0.05, 0) is 31.4 Å². The summed E-state index contributed by atoms with van der Waals surface area (Å²) in [7, 11) is 0. The molecule has 0 amide bonds. The number of aliphatic carboxylic acids is 1. The van der Waals surface area contributed by atoms with E-state index >= 15 is 0 Å². The number of carboxylic acids is 1. The molecule has 0 radical (unpaired) electrons. The third-order valence-corrected chi connectivity index (χ3v) is 3.94. The largest absolute Gasteiger partial charge is 0.508 e. The molecule has 4 nitrogen and oxygen atoms in total. The molecule has 1 aromatic carbocycles. The first kappa shape index (κ1) is 10.4. The number of phenols is 1. The second kappa shape index (κ2) is 3.65. The van der Waals surface area contributed by atoms with Crippen molar-refractivity contribution in [2.24, 2.45) is 5.92 Å². The zero-order valence-electron chi connectivity index (χ0n) is 9.47. The Hall–Kier alpha value is -1.71. The maximum absolute atomic E-state index is 11.0. The summed E-state index contributed by atoms with van der Waals surface area (Å²) >= 11 is 0. The minimum atomic E-state index is -0.690. The monoisotopic (exact) mass is 233 g/mol. The predicted molar refractivity (Wildman–Crippen MR) is 63.3 cm³/mol. The van der Waals surface area contributed by atoms with Crippen LogP contribution in [0.2, 0.25) is 0 Å². The van der Waals surface area contributed by atoms with Crippen LogP contribution in [0.3, 0.4) is 0 Å². The smallest absolute Gasteiger partial charge is 0.306 e. The number of carbonyl (C=O) groups is 1. The summed E-state index contributed by atoms with van der Waals surface area (Å²) in [5.74, 6) is -0.582. The van der Waals surface area contributed by atoms with E-state index in [1.807, 2.05) is 12.1 Å². The SMILES string of the molecule is O=C(O)C1CCN2c3cccc(O)c3CC2C1. The van der Waals surface area contributed by atoms with E-state index in [2.05, 4.69) is 4.90 Å². The topological polar surface area (TPSA) is 60.8 Å². The van der Waals surface area contributed by atoms with Crippen LogP contribution in [0.1, 0.15) is 18.4 Å². The van der Waals surface area contributed by atoms with E-state index in [9.17, 15) is 9.90 Å². The number of hydrogen-bond acceptors (Lipinski definition) is 3. The Morgan fingerprint density at radius 3 is 3.00 bits per heavy atom. The molecule has 90 valence electrons. The highest BCUT2D eigenvalue weighted by Crippen LogP contribution is 2.42. The lowest BCUT2D eigenvalue weighted by Gasteiger charge is -2.35. The molecular formula is C13H15NO3. The third kappa shape index (κ3) is 1.55. The highest BCUT2D eigenvalue weighted by atomic mass is 16.4. The summed E-state index contributed by atoms with van der Waals surface area (Å²) in [6.07, 6.45) is 2.15. The summed E-state index contributed by atoms with van der Waals surface area (Å²) in [5, 5.41) is 18.9. The van der Waals surface area contributed by atoms with Crippen LogP contribution >= 0.6 is 0 Å². The quantitative estimate of drug-likeness (QED) is 0.773. The Bertz CT molecular complexity index is 472. The maximum Gasteiger partial charge on any atom is 0.306 e. The molecule has 1 saturated heterocycles. The van der Waals surface area contributed by atoms with Gasteiger partial charge >= 0.3 is 5.97 Å². The molecule has 4 heteroatoms. The normalized spacial score (nSPS) is 26.5. The highest BCUT2D eigenvalue weighted by molar-refractivity contribution is 5.72. The Balaban J connectivity index is 1.89. The molecule has 0 spiro atoms. The Kier molecular flexibility index (Phi) is 2.24. The van der Waals surface area contributed by atoms with Crippen molar-refractivity contribution in [3.63, 3.8) is 0 Å². The van der Waals surface area contributed by atoms with Crippen molar-refractivity contribution in [3.05, 3.63) is 23.8 Å². The molecule has 0 bridgehead atoms. The summed E-state index contributed by atoms with van der Waals surface area (Å²) < 4.78 is 0. The number of rotatable bonds is 1. The van der Waals surface area contributed by atoms with Crippen LogP contribution in [-0.4, -0.2) is 28.8 Å². The first-order chi connectivity index (χ1) is 8.16. The van der Waals surface area contributed by atoms with Gasteiger partial charge in [0.1, 0.15) is 5.75 Å². The number of fused-ring (bicyclic) bond motifs is 3. The first-order valence-corrected chi connectivity index (χ1v) is 5.97. The standard InChI is InChI=1S/C13H15NO3/c15-12-3-1-2-11-10(12)7-9-6-8(13(16)17)4-5-14(9)11/h1-3,8-9,15H,4-7H2,(H,16,17). The van der Waals surface area contributed by atoms with Crippen molar-refractivity contribution in [2.45, 2.75) is 25.3 Å². The van der Waals surface area contributed by atoms with Crippen molar-refractivity contribution in [1.82, 2.24) is 0 Å². The second-order valence-corrected chi connectivity index (χ2v) is 4.89. The van der Waals surface area contributed by atoms with E-state index in [4.69, 9.17) is 5.11 Å². The summed E-state index contributed by atoms with van der Waals surface area (Å²) in [5.41, 5.74) is 2.06. The van der Waals surface area contributed by atoms with Crippen molar-refractivity contribution in [2.75, 3.05) is 11.4 Å². The fourth-order valence-electron chi connectivity index (χ4n) is 3.06. The molecule has 0 aliphatic carbocycles. The minimum Gasteiger partial charge on any atom is -0.508 e. The fraction of sp³-hybridized carbons (Fsp3) is 0.462. The number of benzene rings is 1. The van der Waals surface area contributed by atoms with Crippen LogP contribution in [0, 0.1) is 5.92 Å². The van der Waals surface area contributed by atoms with Crippen molar-refractivity contribution >= 4 is 11.7 Å². The summed E-state index contributed by atoms with van der Waals surface area (Å²) in [4.78, 5) is 13.3. The van der Waals surface area contributed by atoms with E-state index in [1.165, 1.54) is 0 Å². The average molecular weight is 233 g/mol. The Labute approximate surface area is 99.5 Å². The van der Waals surface area contributed by atoms with Crippen LogP contribution in [-0.2, 0) is 11.2 Å². The molecular weight excluding hydrogens is 218 g/mol. The zero-order valence-corrected chi connectivity index (χ0v) is 9.47. The van der Waals surface area contributed by atoms with Crippen LogP contribution in [0.4, 0.5) is 5.69 Å². The number of piperidine rings is 1. The van der Waals surface area contributed by atoms with E-state index in [0.29, 0.717) is 18.6 Å². The van der Waals surface area contributed by atoms with Gasteiger partial charge in [0.05, 0.1) is 5.92 Å². The highest BCUT2D eigenvalue weighted by Gasteiger charge is 2.38. The lowest BCUT2D eigenvalue weighted by Crippen LogP contribution is -2.42. The van der Waals surface area contributed by atoms with Gasteiger partial charge in [-0.25, -0.2) is 0 Å². The van der Waals surface area contributed by atoms with Crippen molar-refractivity contribution in [3.8, 4) is 5.75 Å². The number of nitrogens with zero attached hydrogens (tertiary/aromatic N) is 1. The Morgan fingerprint density at radius 1 is 1.41 bits per heavy atom. The van der Waals surface area contributed by atoms with Crippen LogP contribution in [0.5, 0.6) is 5.75 Å². The Morgan fingerprint density at radius 2 is 2.24 bits per heavy atom. The van der Waals surface area contributed by atoms with Gasteiger partial charge in [-0.3, -0.25) is 4.79 Å². The molecule has 2 heterocycles. The van der Waals surface area contributed by atoms with E-state index in [1.54, 1.807) is 6.07 Å². The number of carboxylic acid groups (broad SMARTS) is 1. The second-order valence-electron chi connectivity index (χ2n) is 4.89. The van der Waals surface area contributed by atoms with Crippen LogP contribution in [0.15, 0.2) is 18.2 Å². The number of phenolic OH excluding ortho intramolecular Hbond substituents is 1. The molecule has 2 aliphatic heterocycles. The van der Waals surface area contributed by atoms with Gasteiger partial charge in [-0.15, -0.1) is 0 Å². The molecule has 1 fully saturated rings. The molecule has 3 rings (SSSR count). The summed E-state index contributed by atoms with van der Waals surface area (Å²) in [6, 6.07) is 5.80. The van der Waals surface area contributed by atoms with Gasteiger partial charge in [0.2, 0.25) is 0 Å². The molecule has 0 aromatic heterocycles. The van der Waals surface area contributed by atoms with Crippen molar-refractivity contribution in [1.29, 1.82) is 0 Å². The zero-order chi connectivity index (χ0) is 12.0. The number of hydrogen-bond donors (Lipinski definition) is 2. The van der Waals surface area contributed by atoms with E-state index in [-0.39, 0.29) is 12.0 Å². The van der Waals surface area contributed by atoms with Crippen LogP contribution < -0.4 is 4.90 Å². The lowest BCUT2D eigenvalue weighted by atomic mass is 9.91. The van der Waals surface area contributed by atoms with Crippen LogP contribution in [0.25, 0.3) is 0 Å². The molecule has 2 atom stereocenters. The fourth-order valence-corrected chi connectivity index (χ4v) is 3.06. The maximum atomic E-state index is 11.0. The molecule has 2 aliphatic rings. The average Bonchev–Trinajstić information content (AvgIpc) is 2.68. The summed E-state index contributed by atoms with van der Waals surface area (Å²) in [6.45, 7) is 0.776. The van der Waals surface area contributed by atoms with Gasteiger partial charge in [0.15, 0.2) is 0 Å². The van der Waals surface area contributed by atoms with Gasteiger partial charge < -0.3 is 15.1 Å². The molecule has 17 heavy (non-hydrogen) atoms. The molecule has 1 aromatic rings. The molecule has 2 unspecified atom stereocenters. The van der Waals surface area contributed by atoms with Gasteiger partial charge in [0, 0.05) is 23.8 Å². The molecule has 0 saturated carbocycles. The number of anilines is 1. The lowest BCUT2D eigenvalue weighted by molar-refractivity contribution is -0.142.